The highest BCUT2D eigenvalue weighted by molar-refractivity contribution is 7.98. The Hall–Kier alpha value is -1.29. The average Bonchev–Trinajstić information content (AvgIpc) is 2.43. The van der Waals surface area contributed by atoms with E-state index in [2.05, 4.69) is 0 Å². The van der Waals surface area contributed by atoms with Crippen molar-refractivity contribution in [2.24, 2.45) is 0 Å². The number of benzene rings is 1. The minimum Gasteiger partial charge on any atom is -0.480 e. The molecule has 0 bridgehead atoms. The van der Waals surface area contributed by atoms with E-state index in [9.17, 15) is 18.0 Å². The number of sulfonamides is 1. The summed E-state index contributed by atoms with van der Waals surface area (Å²) in [5.41, 5.74) is -0.263. The maximum Gasteiger partial charge on any atom is 0.335 e. The first-order valence-corrected chi connectivity index (χ1v) is 9.21. The van der Waals surface area contributed by atoms with Gasteiger partial charge in [-0.05, 0) is 36.6 Å². The molecule has 0 heterocycles. The van der Waals surface area contributed by atoms with Gasteiger partial charge in [-0.1, -0.05) is 11.6 Å². The summed E-state index contributed by atoms with van der Waals surface area (Å²) in [4.78, 5) is 21.6. The van der Waals surface area contributed by atoms with Crippen LogP contribution in [0.4, 0.5) is 0 Å². The van der Waals surface area contributed by atoms with E-state index < -0.39 is 32.9 Å². The minimum absolute atomic E-state index is 0.0893. The van der Waals surface area contributed by atoms with Crippen molar-refractivity contribution in [2.45, 2.75) is 17.4 Å². The van der Waals surface area contributed by atoms with Crippen molar-refractivity contribution in [2.75, 3.05) is 12.0 Å². The lowest BCUT2D eigenvalue weighted by Crippen LogP contribution is -2.41. The number of nitrogens with one attached hydrogen (secondary N) is 1. The van der Waals surface area contributed by atoms with E-state index in [1.807, 2.05) is 4.72 Å². The molecule has 0 unspecified atom stereocenters. The number of hydrogen-bond acceptors (Lipinski definition) is 5. The number of rotatable bonds is 8. The predicted molar refractivity (Wildman–Crippen MR) is 83.2 cm³/mol. The number of carboxylic acids is 2. The van der Waals surface area contributed by atoms with Gasteiger partial charge in [0, 0.05) is 0 Å². The molecule has 0 aliphatic carbocycles. The number of hydrogen-bond donors (Lipinski definition) is 3. The molecule has 0 saturated heterocycles. The highest BCUT2D eigenvalue weighted by Crippen LogP contribution is 2.23. The molecule has 3 N–H and O–H groups in total. The van der Waals surface area contributed by atoms with Gasteiger partial charge in [0.2, 0.25) is 10.0 Å². The Kier molecular flexibility index (Phi) is 6.66. The smallest absolute Gasteiger partial charge is 0.335 e. The van der Waals surface area contributed by atoms with Crippen LogP contribution >= 0.6 is 23.4 Å². The second-order valence-corrected chi connectivity index (χ2v) is 7.32. The van der Waals surface area contributed by atoms with Crippen LogP contribution in [0.1, 0.15) is 16.8 Å². The van der Waals surface area contributed by atoms with E-state index in [4.69, 9.17) is 21.8 Å². The normalized spacial score (nSPS) is 12.8. The van der Waals surface area contributed by atoms with E-state index in [0.29, 0.717) is 5.75 Å². The number of carboxylic acid groups (broad SMARTS) is 2. The summed E-state index contributed by atoms with van der Waals surface area (Å²) in [6, 6.07) is 1.87. The SMILES string of the molecule is CSCC[C@@H](NS(=O)(=O)c1cc(C(=O)O)ccc1Cl)C(=O)O. The van der Waals surface area contributed by atoms with Gasteiger partial charge in [-0.3, -0.25) is 4.79 Å². The van der Waals surface area contributed by atoms with E-state index in [0.717, 1.165) is 18.2 Å². The lowest BCUT2D eigenvalue weighted by Gasteiger charge is -2.15. The van der Waals surface area contributed by atoms with Gasteiger partial charge < -0.3 is 10.2 Å². The van der Waals surface area contributed by atoms with Crippen molar-refractivity contribution in [1.29, 1.82) is 0 Å². The van der Waals surface area contributed by atoms with Crippen LogP contribution in [0.2, 0.25) is 5.02 Å². The van der Waals surface area contributed by atoms with Crippen LogP contribution in [-0.2, 0) is 14.8 Å². The Balaban J connectivity index is 3.15. The molecule has 1 atom stereocenters. The van der Waals surface area contributed by atoms with Crippen LogP contribution in [0.15, 0.2) is 23.1 Å². The van der Waals surface area contributed by atoms with Crippen molar-refractivity contribution in [3.8, 4) is 0 Å². The van der Waals surface area contributed by atoms with Gasteiger partial charge in [-0.25, -0.2) is 13.2 Å². The first-order chi connectivity index (χ1) is 10.2. The maximum atomic E-state index is 12.2. The molecule has 0 aliphatic heterocycles. The zero-order valence-electron chi connectivity index (χ0n) is 11.4. The summed E-state index contributed by atoms with van der Waals surface area (Å²) in [5, 5.41) is 17.8. The molecular formula is C12H14ClNO6S2. The summed E-state index contributed by atoms with van der Waals surface area (Å²) >= 11 is 7.17. The van der Waals surface area contributed by atoms with Gasteiger partial charge in [0.1, 0.15) is 10.9 Å². The van der Waals surface area contributed by atoms with E-state index in [-0.39, 0.29) is 17.0 Å². The number of halogens is 1. The third-order valence-electron chi connectivity index (χ3n) is 2.67. The highest BCUT2D eigenvalue weighted by atomic mass is 35.5. The van der Waals surface area contributed by atoms with Gasteiger partial charge in [0.15, 0.2) is 0 Å². The molecule has 10 heteroatoms. The molecule has 0 fully saturated rings. The number of thioether (sulfide) groups is 1. The van der Waals surface area contributed by atoms with Gasteiger partial charge in [0.05, 0.1) is 10.6 Å². The second kappa shape index (κ2) is 7.82. The fourth-order valence-electron chi connectivity index (χ4n) is 1.56. The van der Waals surface area contributed by atoms with E-state index in [1.165, 1.54) is 11.8 Å². The Morgan fingerprint density at radius 2 is 2.00 bits per heavy atom. The van der Waals surface area contributed by atoms with Gasteiger partial charge in [-0.15, -0.1) is 0 Å². The molecule has 1 aromatic rings. The highest BCUT2D eigenvalue weighted by Gasteiger charge is 2.27. The van der Waals surface area contributed by atoms with E-state index >= 15 is 0 Å². The molecule has 0 saturated carbocycles. The molecule has 7 nitrogen and oxygen atoms in total. The third kappa shape index (κ3) is 4.87. The molecule has 22 heavy (non-hydrogen) atoms. The first kappa shape index (κ1) is 18.8. The largest absolute Gasteiger partial charge is 0.480 e. The van der Waals surface area contributed by atoms with Gasteiger partial charge >= 0.3 is 11.9 Å². The number of aliphatic carboxylic acids is 1. The fraction of sp³-hybridized carbons (Fsp3) is 0.333. The Morgan fingerprint density at radius 1 is 1.36 bits per heavy atom. The van der Waals surface area contributed by atoms with Crippen molar-refractivity contribution in [3.05, 3.63) is 28.8 Å². The summed E-state index contributed by atoms with van der Waals surface area (Å²) in [7, 11) is -4.26. The fourth-order valence-corrected chi connectivity index (χ4v) is 3.78. The molecule has 122 valence electrons. The molecule has 0 spiro atoms. The quantitative estimate of drug-likeness (QED) is 0.636. The monoisotopic (exact) mass is 367 g/mol. The van der Waals surface area contributed by atoms with Crippen LogP contribution in [0.3, 0.4) is 0 Å². The number of carbonyl (C=O) groups is 2. The lowest BCUT2D eigenvalue weighted by molar-refractivity contribution is -0.139. The predicted octanol–water partition coefficient (Wildman–Crippen LogP) is 1.52. The molecule has 0 aromatic heterocycles. The topological polar surface area (TPSA) is 121 Å². The Morgan fingerprint density at radius 3 is 2.50 bits per heavy atom. The standard InChI is InChI=1S/C12H14ClNO6S2/c1-21-5-4-9(12(17)18)14-22(19,20)10-6-7(11(15)16)2-3-8(10)13/h2-3,6,9,14H,4-5H2,1H3,(H,15,16)(H,17,18)/t9-/m1/s1. The summed E-state index contributed by atoms with van der Waals surface area (Å²) in [5.74, 6) is -2.18. The van der Waals surface area contributed by atoms with Gasteiger partial charge in [0.25, 0.3) is 0 Å². The summed E-state index contributed by atoms with van der Waals surface area (Å²) < 4.78 is 26.5. The van der Waals surface area contributed by atoms with Crippen LogP contribution in [0, 0.1) is 0 Å². The molecule has 0 amide bonds. The molecule has 0 radical (unpaired) electrons. The second-order valence-electron chi connectivity index (χ2n) is 4.24. The third-order valence-corrected chi connectivity index (χ3v) is 5.27. The molecule has 0 aliphatic rings. The molecule has 1 aromatic carbocycles. The van der Waals surface area contributed by atoms with Crippen molar-refractivity contribution in [3.63, 3.8) is 0 Å². The zero-order valence-corrected chi connectivity index (χ0v) is 13.8. The van der Waals surface area contributed by atoms with Crippen LogP contribution < -0.4 is 4.72 Å². The number of aromatic carboxylic acids is 1. The van der Waals surface area contributed by atoms with Crippen LogP contribution in [0.5, 0.6) is 0 Å². The zero-order chi connectivity index (χ0) is 16.9. The van der Waals surface area contributed by atoms with Crippen LogP contribution in [0.25, 0.3) is 0 Å². The molecular weight excluding hydrogens is 354 g/mol. The van der Waals surface area contributed by atoms with Crippen molar-refractivity contribution < 1.29 is 28.2 Å². The summed E-state index contributed by atoms with van der Waals surface area (Å²) in [6.45, 7) is 0. The minimum atomic E-state index is -4.26. The average molecular weight is 368 g/mol. The van der Waals surface area contributed by atoms with Gasteiger partial charge in [-0.2, -0.15) is 16.5 Å². The maximum absolute atomic E-state index is 12.2. The first-order valence-electron chi connectivity index (χ1n) is 5.96. The Bertz CT molecular complexity index is 676. The van der Waals surface area contributed by atoms with Crippen molar-refractivity contribution >= 4 is 45.3 Å². The van der Waals surface area contributed by atoms with Crippen LogP contribution in [-0.4, -0.2) is 48.6 Å². The lowest BCUT2D eigenvalue weighted by atomic mass is 10.2. The Labute approximate surface area is 136 Å². The van der Waals surface area contributed by atoms with E-state index in [1.54, 1.807) is 6.26 Å². The van der Waals surface area contributed by atoms with Crippen molar-refractivity contribution in [1.82, 2.24) is 4.72 Å². The molecule has 1 rings (SSSR count). The summed E-state index contributed by atoms with van der Waals surface area (Å²) in [6.07, 6.45) is 1.85.